The van der Waals surface area contributed by atoms with E-state index >= 15 is 0 Å². The van der Waals surface area contributed by atoms with Crippen LogP contribution in [0.4, 0.5) is 0 Å². The highest BCUT2D eigenvalue weighted by Gasteiger charge is 2.24. The molecule has 0 radical (unpaired) electrons. The molecule has 1 fully saturated rings. The van der Waals surface area contributed by atoms with Gasteiger partial charge in [-0.1, -0.05) is 0 Å². The van der Waals surface area contributed by atoms with Gasteiger partial charge < -0.3 is 4.74 Å². The summed E-state index contributed by atoms with van der Waals surface area (Å²) < 4.78 is 5.58. The summed E-state index contributed by atoms with van der Waals surface area (Å²) in [6, 6.07) is 1.74. The van der Waals surface area contributed by atoms with Gasteiger partial charge >= 0.3 is 0 Å². The molecule has 0 bridgehead atoms. The van der Waals surface area contributed by atoms with Gasteiger partial charge in [0.2, 0.25) is 0 Å². The van der Waals surface area contributed by atoms with Crippen LogP contribution in [-0.4, -0.2) is 17.4 Å². The second-order valence-electron chi connectivity index (χ2n) is 3.31. The Morgan fingerprint density at radius 2 is 2.38 bits per heavy atom. The summed E-state index contributed by atoms with van der Waals surface area (Å²) in [5.74, 6) is 0.799. The first-order valence-corrected chi connectivity index (χ1v) is 4.38. The van der Waals surface area contributed by atoms with Crippen molar-refractivity contribution in [3.8, 4) is 5.75 Å². The minimum Gasteiger partial charge on any atom is -0.489 e. The number of hydrogen-bond donors (Lipinski definition) is 0. The van der Waals surface area contributed by atoms with E-state index in [1.165, 1.54) is 0 Å². The molecule has 13 heavy (non-hydrogen) atoms. The molecule has 0 saturated heterocycles. The van der Waals surface area contributed by atoms with E-state index in [2.05, 4.69) is 4.98 Å². The van der Waals surface area contributed by atoms with Crippen LogP contribution in [0.25, 0.3) is 0 Å². The first kappa shape index (κ1) is 8.23. The summed E-state index contributed by atoms with van der Waals surface area (Å²) in [6.45, 7) is 1.92. The van der Waals surface area contributed by atoms with E-state index < -0.39 is 0 Å². The maximum atomic E-state index is 10.4. The van der Waals surface area contributed by atoms with Gasteiger partial charge in [0, 0.05) is 0 Å². The van der Waals surface area contributed by atoms with Crippen molar-refractivity contribution in [3.05, 3.63) is 23.5 Å². The van der Waals surface area contributed by atoms with E-state index in [-0.39, 0.29) is 0 Å². The number of aldehydes is 1. The van der Waals surface area contributed by atoms with Gasteiger partial charge in [-0.15, -0.1) is 0 Å². The molecule has 1 heterocycles. The Bertz CT molecular complexity index is 332. The zero-order chi connectivity index (χ0) is 9.26. The van der Waals surface area contributed by atoms with Crippen LogP contribution in [0.5, 0.6) is 5.75 Å². The Morgan fingerprint density at radius 3 is 2.92 bits per heavy atom. The molecule has 0 aliphatic heterocycles. The fraction of sp³-hybridized carbons (Fsp3) is 0.400. The highest BCUT2D eigenvalue weighted by molar-refractivity contribution is 5.72. The van der Waals surface area contributed by atoms with E-state index in [0.717, 1.165) is 30.4 Å². The number of carbonyl (C=O) groups excluding carboxylic acids is 1. The quantitative estimate of drug-likeness (QED) is 0.660. The average molecular weight is 177 g/mol. The minimum atomic E-state index is 0.377. The van der Waals surface area contributed by atoms with Crippen LogP contribution in [-0.2, 0) is 0 Å². The maximum absolute atomic E-state index is 10.4. The highest BCUT2D eigenvalue weighted by atomic mass is 16.5. The predicted molar refractivity (Wildman–Crippen MR) is 48.0 cm³/mol. The van der Waals surface area contributed by atoms with Crippen LogP contribution in [0.2, 0.25) is 0 Å². The van der Waals surface area contributed by atoms with Crippen molar-refractivity contribution in [3.63, 3.8) is 0 Å². The summed E-state index contributed by atoms with van der Waals surface area (Å²) in [4.78, 5) is 14.3. The number of aryl methyl sites for hydroxylation is 1. The number of ether oxygens (including phenoxy) is 1. The second kappa shape index (κ2) is 3.17. The molecule has 3 heteroatoms. The molecule has 1 aliphatic carbocycles. The number of nitrogens with zero attached hydrogens (tertiary/aromatic N) is 1. The molecule has 0 aromatic carbocycles. The fourth-order valence-corrected chi connectivity index (χ4v) is 1.12. The summed E-state index contributed by atoms with van der Waals surface area (Å²) in [6.07, 6.45) is 5.01. The molecule has 1 aromatic rings. The molecule has 0 spiro atoms. The third-order valence-corrected chi connectivity index (χ3v) is 2.02. The number of carbonyl (C=O) groups is 1. The van der Waals surface area contributed by atoms with Crippen LogP contribution in [0, 0.1) is 6.92 Å². The van der Waals surface area contributed by atoms with Crippen molar-refractivity contribution >= 4 is 6.29 Å². The molecular formula is C10H11NO2. The maximum Gasteiger partial charge on any atom is 0.168 e. The molecule has 1 aliphatic rings. The normalized spacial score (nSPS) is 15.5. The van der Waals surface area contributed by atoms with E-state index in [1.54, 1.807) is 12.3 Å². The summed E-state index contributed by atoms with van der Waals surface area (Å²) in [7, 11) is 0. The smallest absolute Gasteiger partial charge is 0.168 e. The fourth-order valence-electron chi connectivity index (χ4n) is 1.12. The molecule has 0 atom stereocenters. The summed E-state index contributed by atoms with van der Waals surface area (Å²) in [5, 5.41) is 0. The van der Waals surface area contributed by atoms with Crippen molar-refractivity contribution in [2.24, 2.45) is 0 Å². The van der Waals surface area contributed by atoms with Gasteiger partial charge in [0.25, 0.3) is 0 Å². The van der Waals surface area contributed by atoms with Crippen molar-refractivity contribution in [1.82, 2.24) is 4.98 Å². The predicted octanol–water partition coefficient (Wildman–Crippen LogP) is 1.74. The Labute approximate surface area is 76.7 Å². The van der Waals surface area contributed by atoms with Gasteiger partial charge in [0.05, 0.1) is 12.3 Å². The van der Waals surface area contributed by atoms with Gasteiger partial charge in [0.1, 0.15) is 11.4 Å². The highest BCUT2D eigenvalue weighted by Crippen LogP contribution is 2.28. The van der Waals surface area contributed by atoms with Crippen molar-refractivity contribution < 1.29 is 9.53 Å². The Kier molecular flexibility index (Phi) is 2.00. The van der Waals surface area contributed by atoms with Gasteiger partial charge in [-0.05, 0) is 31.4 Å². The molecule has 68 valence electrons. The number of hydrogen-bond acceptors (Lipinski definition) is 3. The van der Waals surface area contributed by atoms with Crippen LogP contribution in [0.15, 0.2) is 12.3 Å². The van der Waals surface area contributed by atoms with E-state index in [9.17, 15) is 4.79 Å². The van der Waals surface area contributed by atoms with Crippen molar-refractivity contribution in [2.75, 3.05) is 0 Å². The molecule has 1 aromatic heterocycles. The van der Waals surface area contributed by atoms with Crippen LogP contribution in [0.1, 0.15) is 28.9 Å². The number of pyridine rings is 1. The van der Waals surface area contributed by atoms with Crippen molar-refractivity contribution in [2.45, 2.75) is 25.9 Å². The van der Waals surface area contributed by atoms with Gasteiger partial charge in [-0.2, -0.15) is 0 Å². The first-order valence-electron chi connectivity index (χ1n) is 4.38. The van der Waals surface area contributed by atoms with E-state index in [4.69, 9.17) is 4.74 Å². The van der Waals surface area contributed by atoms with E-state index in [1.807, 2.05) is 6.92 Å². The lowest BCUT2D eigenvalue weighted by Crippen LogP contribution is -1.99. The first-order chi connectivity index (χ1) is 6.29. The topological polar surface area (TPSA) is 39.2 Å². The van der Waals surface area contributed by atoms with Crippen molar-refractivity contribution in [1.29, 1.82) is 0 Å². The average Bonchev–Trinajstić information content (AvgIpc) is 2.92. The third-order valence-electron chi connectivity index (χ3n) is 2.02. The SMILES string of the molecule is Cc1cc(C=O)ncc1OC1CC1. The van der Waals surface area contributed by atoms with Crippen LogP contribution in [0.3, 0.4) is 0 Å². The largest absolute Gasteiger partial charge is 0.489 e. The van der Waals surface area contributed by atoms with Gasteiger partial charge in [-0.3, -0.25) is 4.79 Å². The van der Waals surface area contributed by atoms with E-state index in [0.29, 0.717) is 11.8 Å². The summed E-state index contributed by atoms with van der Waals surface area (Å²) >= 11 is 0. The number of aromatic nitrogens is 1. The molecular weight excluding hydrogens is 166 g/mol. The second-order valence-corrected chi connectivity index (χ2v) is 3.31. The number of rotatable bonds is 3. The lowest BCUT2D eigenvalue weighted by molar-refractivity contribution is 0.111. The third kappa shape index (κ3) is 1.86. The Morgan fingerprint density at radius 1 is 1.62 bits per heavy atom. The Balaban J connectivity index is 2.20. The molecule has 0 N–H and O–H groups in total. The summed E-state index contributed by atoms with van der Waals surface area (Å²) in [5.41, 5.74) is 1.43. The lowest BCUT2D eigenvalue weighted by atomic mass is 10.2. The molecule has 1 saturated carbocycles. The molecule has 0 unspecified atom stereocenters. The molecule has 3 nitrogen and oxygen atoms in total. The lowest BCUT2D eigenvalue weighted by Gasteiger charge is -2.06. The van der Waals surface area contributed by atoms with Gasteiger partial charge in [0.15, 0.2) is 6.29 Å². The van der Waals surface area contributed by atoms with Crippen LogP contribution >= 0.6 is 0 Å². The van der Waals surface area contributed by atoms with Crippen LogP contribution < -0.4 is 4.74 Å². The van der Waals surface area contributed by atoms with Gasteiger partial charge in [-0.25, -0.2) is 4.98 Å². The molecule has 2 rings (SSSR count). The standard InChI is InChI=1S/C10H11NO2/c1-7-4-8(6-12)11-5-10(7)13-9-2-3-9/h4-6,9H,2-3H2,1H3. The monoisotopic (exact) mass is 177 g/mol. The zero-order valence-corrected chi connectivity index (χ0v) is 7.49. The zero-order valence-electron chi connectivity index (χ0n) is 7.49. The minimum absolute atomic E-state index is 0.377. The Hall–Kier alpha value is -1.38. The molecule has 0 amide bonds.